The van der Waals surface area contributed by atoms with E-state index in [0.29, 0.717) is 12.4 Å². The quantitative estimate of drug-likeness (QED) is 0.775. The maximum Gasteiger partial charge on any atom is 0.166 e. The van der Waals surface area contributed by atoms with Gasteiger partial charge in [0.1, 0.15) is 12.4 Å². The molecule has 0 fully saturated rings. The van der Waals surface area contributed by atoms with Crippen molar-refractivity contribution in [3.05, 3.63) is 52.0 Å². The normalized spacial score (nSPS) is 10.6. The van der Waals surface area contributed by atoms with Gasteiger partial charge < -0.3 is 10.1 Å². The van der Waals surface area contributed by atoms with Crippen LogP contribution in [0.5, 0.6) is 5.75 Å². The third-order valence-electron chi connectivity index (χ3n) is 3.02. The second kappa shape index (κ2) is 8.10. The summed E-state index contributed by atoms with van der Waals surface area (Å²) in [6, 6.07) is 5.95. The molecule has 2 aromatic rings. The van der Waals surface area contributed by atoms with Gasteiger partial charge >= 0.3 is 0 Å². The predicted octanol–water partition coefficient (Wildman–Crippen LogP) is 3.63. The summed E-state index contributed by atoms with van der Waals surface area (Å²) in [5.41, 5.74) is 2.25. The number of aromatic nitrogens is 2. The number of nitrogens with one attached hydrogen (secondary N) is 1. The molecule has 0 aliphatic heterocycles. The SMILES string of the molecule is CCCNCc1cc(Br)cc(C)c1OCc1ncccn1. The molecule has 0 amide bonds. The maximum atomic E-state index is 5.95. The molecule has 0 saturated heterocycles. The Labute approximate surface area is 134 Å². The molecule has 0 atom stereocenters. The molecule has 0 spiro atoms. The molecule has 112 valence electrons. The molecule has 1 aromatic heterocycles. The summed E-state index contributed by atoms with van der Waals surface area (Å²) in [6.45, 7) is 6.37. The van der Waals surface area contributed by atoms with Crippen LogP contribution in [0.4, 0.5) is 0 Å². The molecule has 0 aliphatic carbocycles. The number of hydrogen-bond donors (Lipinski definition) is 1. The fraction of sp³-hybridized carbons (Fsp3) is 0.375. The van der Waals surface area contributed by atoms with Crippen LogP contribution in [0.2, 0.25) is 0 Å². The van der Waals surface area contributed by atoms with Crippen LogP contribution in [0.3, 0.4) is 0 Å². The van der Waals surface area contributed by atoms with E-state index < -0.39 is 0 Å². The number of nitrogens with zero attached hydrogens (tertiary/aromatic N) is 2. The first-order valence-electron chi connectivity index (χ1n) is 7.09. The van der Waals surface area contributed by atoms with E-state index in [9.17, 15) is 0 Å². The summed E-state index contributed by atoms with van der Waals surface area (Å²) in [4.78, 5) is 8.37. The monoisotopic (exact) mass is 349 g/mol. The van der Waals surface area contributed by atoms with Crippen molar-refractivity contribution >= 4 is 15.9 Å². The van der Waals surface area contributed by atoms with Crippen molar-refractivity contribution in [1.29, 1.82) is 0 Å². The van der Waals surface area contributed by atoms with Crippen molar-refractivity contribution in [2.75, 3.05) is 6.54 Å². The minimum atomic E-state index is 0.379. The van der Waals surface area contributed by atoms with Gasteiger partial charge in [0.2, 0.25) is 0 Å². The minimum absolute atomic E-state index is 0.379. The van der Waals surface area contributed by atoms with Crippen LogP contribution in [0.1, 0.15) is 30.3 Å². The summed E-state index contributed by atoms with van der Waals surface area (Å²) < 4.78 is 7.02. The minimum Gasteiger partial charge on any atom is -0.485 e. The number of aryl methyl sites for hydroxylation is 1. The lowest BCUT2D eigenvalue weighted by Gasteiger charge is -2.15. The van der Waals surface area contributed by atoms with Gasteiger partial charge in [0.05, 0.1) is 0 Å². The fourth-order valence-corrected chi connectivity index (χ4v) is 2.70. The third-order valence-corrected chi connectivity index (χ3v) is 3.48. The van der Waals surface area contributed by atoms with Gasteiger partial charge in [0.15, 0.2) is 5.82 Å². The topological polar surface area (TPSA) is 47.0 Å². The van der Waals surface area contributed by atoms with Crippen molar-refractivity contribution in [3.8, 4) is 5.75 Å². The van der Waals surface area contributed by atoms with Gasteiger partial charge in [-0.3, -0.25) is 0 Å². The first-order chi connectivity index (χ1) is 10.2. The van der Waals surface area contributed by atoms with Crippen molar-refractivity contribution in [1.82, 2.24) is 15.3 Å². The smallest absolute Gasteiger partial charge is 0.166 e. The zero-order chi connectivity index (χ0) is 15.1. The van der Waals surface area contributed by atoms with E-state index in [1.165, 1.54) is 0 Å². The van der Waals surface area contributed by atoms with Gasteiger partial charge in [-0.05, 0) is 43.7 Å². The number of rotatable bonds is 7. The van der Waals surface area contributed by atoms with Crippen molar-refractivity contribution in [3.63, 3.8) is 0 Å². The van der Waals surface area contributed by atoms with Crippen LogP contribution in [0.25, 0.3) is 0 Å². The van der Waals surface area contributed by atoms with Crippen LogP contribution in [0.15, 0.2) is 35.1 Å². The highest BCUT2D eigenvalue weighted by atomic mass is 79.9. The molecule has 0 aliphatic rings. The molecule has 21 heavy (non-hydrogen) atoms. The highest BCUT2D eigenvalue weighted by molar-refractivity contribution is 9.10. The Morgan fingerprint density at radius 1 is 1.24 bits per heavy atom. The first kappa shape index (κ1) is 15.9. The number of hydrogen-bond acceptors (Lipinski definition) is 4. The van der Waals surface area contributed by atoms with Crippen LogP contribution in [-0.4, -0.2) is 16.5 Å². The molecule has 0 saturated carbocycles. The number of benzene rings is 1. The van der Waals surface area contributed by atoms with E-state index in [-0.39, 0.29) is 0 Å². The third kappa shape index (κ3) is 4.79. The van der Waals surface area contributed by atoms with Crippen LogP contribution in [0, 0.1) is 6.92 Å². The Kier molecular flexibility index (Phi) is 6.14. The molecule has 0 unspecified atom stereocenters. The zero-order valence-electron chi connectivity index (χ0n) is 12.4. The fourth-order valence-electron chi connectivity index (χ4n) is 2.08. The summed E-state index contributed by atoms with van der Waals surface area (Å²) in [5.74, 6) is 1.60. The van der Waals surface area contributed by atoms with E-state index in [0.717, 1.165) is 40.9 Å². The molecular weight excluding hydrogens is 330 g/mol. The summed E-state index contributed by atoms with van der Waals surface area (Å²) in [6.07, 6.45) is 4.56. The van der Waals surface area contributed by atoms with E-state index >= 15 is 0 Å². The van der Waals surface area contributed by atoms with Gasteiger partial charge in [0.25, 0.3) is 0 Å². The van der Waals surface area contributed by atoms with Crippen molar-refractivity contribution in [2.45, 2.75) is 33.4 Å². The average Bonchev–Trinajstić information content (AvgIpc) is 2.47. The highest BCUT2D eigenvalue weighted by Crippen LogP contribution is 2.28. The Hall–Kier alpha value is -1.46. The van der Waals surface area contributed by atoms with Gasteiger partial charge in [-0.15, -0.1) is 0 Å². The highest BCUT2D eigenvalue weighted by Gasteiger charge is 2.10. The number of ether oxygens (including phenoxy) is 1. The van der Waals surface area contributed by atoms with E-state index in [1.807, 2.05) is 0 Å². The molecule has 0 bridgehead atoms. The first-order valence-corrected chi connectivity index (χ1v) is 7.88. The lowest BCUT2D eigenvalue weighted by molar-refractivity contribution is 0.290. The Morgan fingerprint density at radius 3 is 2.71 bits per heavy atom. The average molecular weight is 350 g/mol. The number of halogens is 1. The summed E-state index contributed by atoms with van der Waals surface area (Å²) >= 11 is 3.54. The van der Waals surface area contributed by atoms with Crippen molar-refractivity contribution in [2.24, 2.45) is 0 Å². The molecule has 1 heterocycles. The molecular formula is C16H20BrN3O. The Bertz CT molecular complexity index is 575. The molecule has 4 nitrogen and oxygen atoms in total. The lowest BCUT2D eigenvalue weighted by atomic mass is 10.1. The molecule has 5 heteroatoms. The summed E-state index contributed by atoms with van der Waals surface area (Å²) in [7, 11) is 0. The van der Waals surface area contributed by atoms with Gasteiger partial charge in [-0.1, -0.05) is 22.9 Å². The van der Waals surface area contributed by atoms with Crippen LogP contribution >= 0.6 is 15.9 Å². The molecule has 2 rings (SSSR count). The summed E-state index contributed by atoms with van der Waals surface area (Å²) in [5, 5.41) is 3.41. The standard InChI is InChI=1S/C16H20BrN3O/c1-3-5-18-10-13-9-14(17)8-12(2)16(13)21-11-15-19-6-4-7-20-15/h4,6-9,18H,3,5,10-11H2,1-2H3. The molecule has 1 aromatic carbocycles. The zero-order valence-corrected chi connectivity index (χ0v) is 14.0. The van der Waals surface area contributed by atoms with Gasteiger partial charge in [-0.2, -0.15) is 0 Å². The maximum absolute atomic E-state index is 5.95. The Morgan fingerprint density at radius 2 is 2.00 bits per heavy atom. The molecule has 1 N–H and O–H groups in total. The van der Waals surface area contributed by atoms with E-state index in [4.69, 9.17) is 4.74 Å². The van der Waals surface area contributed by atoms with E-state index in [2.05, 4.69) is 57.2 Å². The second-order valence-corrected chi connectivity index (χ2v) is 5.76. The molecule has 0 radical (unpaired) electrons. The van der Waals surface area contributed by atoms with Gasteiger partial charge in [-0.25, -0.2) is 9.97 Å². The lowest BCUT2D eigenvalue weighted by Crippen LogP contribution is -2.15. The largest absolute Gasteiger partial charge is 0.485 e. The van der Waals surface area contributed by atoms with Crippen LogP contribution in [-0.2, 0) is 13.2 Å². The Balaban J connectivity index is 2.12. The van der Waals surface area contributed by atoms with Gasteiger partial charge in [0, 0.05) is 29.0 Å². The van der Waals surface area contributed by atoms with Crippen LogP contribution < -0.4 is 10.1 Å². The predicted molar refractivity (Wildman–Crippen MR) is 87.2 cm³/mol. The van der Waals surface area contributed by atoms with Crippen molar-refractivity contribution < 1.29 is 4.74 Å². The van der Waals surface area contributed by atoms with E-state index in [1.54, 1.807) is 18.5 Å². The second-order valence-electron chi connectivity index (χ2n) is 4.84.